The number of aliphatic carboxylic acids is 1. The van der Waals surface area contributed by atoms with E-state index in [-0.39, 0.29) is 25.0 Å². The number of halogens is 1. The topological polar surface area (TPSA) is 86.6 Å². The maximum atomic E-state index is 13.3. The van der Waals surface area contributed by atoms with Crippen molar-refractivity contribution in [3.63, 3.8) is 0 Å². The van der Waals surface area contributed by atoms with Crippen molar-refractivity contribution in [3.8, 4) is 0 Å². The monoisotopic (exact) mass is 255 g/mol. The molecule has 0 saturated carbocycles. The zero-order chi connectivity index (χ0) is 13.5. The molecule has 1 aromatic carbocycles. The van der Waals surface area contributed by atoms with Crippen LogP contribution in [0.3, 0.4) is 0 Å². The zero-order valence-electron chi connectivity index (χ0n) is 9.60. The Morgan fingerprint density at radius 3 is 2.56 bits per heavy atom. The normalized spacial score (nSPS) is 11.9. The molecule has 0 fully saturated rings. The van der Waals surface area contributed by atoms with Gasteiger partial charge in [0.05, 0.1) is 6.42 Å². The lowest BCUT2D eigenvalue weighted by Gasteiger charge is -2.13. The van der Waals surface area contributed by atoms with Gasteiger partial charge in [0.1, 0.15) is 11.9 Å². The average molecular weight is 255 g/mol. The standard InChI is InChI=1S/C12H14FNO4/c13-9-4-2-1-3-8(9)7-11(16)14-10(5-6-15)12(17)18/h1-4,10,15H,5-7H2,(H,14,16)(H,17,18). The summed E-state index contributed by atoms with van der Waals surface area (Å²) in [7, 11) is 0. The van der Waals surface area contributed by atoms with Gasteiger partial charge in [0.15, 0.2) is 0 Å². The first-order valence-corrected chi connectivity index (χ1v) is 5.41. The molecule has 3 N–H and O–H groups in total. The molecule has 1 rings (SSSR count). The smallest absolute Gasteiger partial charge is 0.326 e. The SMILES string of the molecule is O=C(Cc1ccccc1F)NC(CCO)C(=O)O. The third-order valence-corrected chi connectivity index (χ3v) is 2.36. The van der Waals surface area contributed by atoms with Crippen LogP contribution in [-0.4, -0.2) is 34.7 Å². The number of aliphatic hydroxyl groups excluding tert-OH is 1. The summed E-state index contributed by atoms with van der Waals surface area (Å²) in [5.74, 6) is -2.34. The first-order chi connectivity index (χ1) is 8.54. The summed E-state index contributed by atoms with van der Waals surface area (Å²) < 4.78 is 13.3. The molecule has 18 heavy (non-hydrogen) atoms. The maximum absolute atomic E-state index is 13.3. The molecule has 0 aliphatic heterocycles. The van der Waals surface area contributed by atoms with Gasteiger partial charge in [-0.2, -0.15) is 0 Å². The van der Waals surface area contributed by atoms with Gasteiger partial charge in [0.2, 0.25) is 5.91 Å². The third kappa shape index (κ3) is 4.14. The second kappa shape index (κ2) is 6.70. The zero-order valence-corrected chi connectivity index (χ0v) is 9.60. The van der Waals surface area contributed by atoms with Crippen molar-refractivity contribution in [2.75, 3.05) is 6.61 Å². The van der Waals surface area contributed by atoms with Crippen molar-refractivity contribution in [3.05, 3.63) is 35.6 Å². The number of benzene rings is 1. The van der Waals surface area contributed by atoms with Crippen LogP contribution in [0.1, 0.15) is 12.0 Å². The van der Waals surface area contributed by atoms with Gasteiger partial charge in [0.25, 0.3) is 0 Å². The van der Waals surface area contributed by atoms with Gasteiger partial charge in [0, 0.05) is 13.0 Å². The number of carboxylic acids is 1. The molecule has 6 heteroatoms. The van der Waals surface area contributed by atoms with Crippen LogP contribution in [0.2, 0.25) is 0 Å². The predicted molar refractivity (Wildman–Crippen MR) is 61.4 cm³/mol. The number of hydrogen-bond acceptors (Lipinski definition) is 3. The van der Waals surface area contributed by atoms with E-state index >= 15 is 0 Å². The highest BCUT2D eigenvalue weighted by atomic mass is 19.1. The van der Waals surface area contributed by atoms with Gasteiger partial charge >= 0.3 is 5.97 Å². The summed E-state index contributed by atoms with van der Waals surface area (Å²) >= 11 is 0. The van der Waals surface area contributed by atoms with Crippen molar-refractivity contribution in [2.24, 2.45) is 0 Å². The van der Waals surface area contributed by atoms with Crippen LogP contribution in [0.4, 0.5) is 4.39 Å². The van der Waals surface area contributed by atoms with Crippen LogP contribution < -0.4 is 5.32 Å². The molecule has 1 unspecified atom stereocenters. The average Bonchev–Trinajstić information content (AvgIpc) is 2.31. The Balaban J connectivity index is 2.61. The van der Waals surface area contributed by atoms with Gasteiger partial charge in [-0.05, 0) is 11.6 Å². The molecule has 1 atom stereocenters. The van der Waals surface area contributed by atoms with Crippen molar-refractivity contribution in [1.82, 2.24) is 5.32 Å². The molecule has 5 nitrogen and oxygen atoms in total. The molecule has 1 amide bonds. The second-order valence-electron chi connectivity index (χ2n) is 3.74. The lowest BCUT2D eigenvalue weighted by Crippen LogP contribution is -2.42. The number of carbonyl (C=O) groups excluding carboxylic acids is 1. The van der Waals surface area contributed by atoms with Crippen molar-refractivity contribution < 1.29 is 24.2 Å². The Kier molecular flexibility index (Phi) is 5.26. The van der Waals surface area contributed by atoms with Crippen molar-refractivity contribution >= 4 is 11.9 Å². The lowest BCUT2D eigenvalue weighted by atomic mass is 10.1. The van der Waals surface area contributed by atoms with E-state index in [2.05, 4.69) is 5.32 Å². The van der Waals surface area contributed by atoms with Gasteiger partial charge in [-0.15, -0.1) is 0 Å². The van der Waals surface area contributed by atoms with Crippen LogP contribution >= 0.6 is 0 Å². The van der Waals surface area contributed by atoms with Crippen LogP contribution in [0, 0.1) is 5.82 Å². The van der Waals surface area contributed by atoms with Gasteiger partial charge < -0.3 is 15.5 Å². The van der Waals surface area contributed by atoms with E-state index in [1.165, 1.54) is 18.2 Å². The first kappa shape index (κ1) is 14.1. The summed E-state index contributed by atoms with van der Waals surface area (Å²) in [4.78, 5) is 22.3. The van der Waals surface area contributed by atoms with Crippen LogP contribution in [0.25, 0.3) is 0 Å². The molecule has 0 saturated heterocycles. The molecular formula is C12H14FNO4. The number of carbonyl (C=O) groups is 2. The van der Waals surface area contributed by atoms with E-state index < -0.39 is 23.7 Å². The fraction of sp³-hybridized carbons (Fsp3) is 0.333. The Morgan fingerprint density at radius 2 is 2.00 bits per heavy atom. The summed E-state index contributed by atoms with van der Waals surface area (Å²) in [6.07, 6.45) is -0.319. The molecule has 0 radical (unpaired) electrons. The molecule has 0 spiro atoms. The van der Waals surface area contributed by atoms with Gasteiger partial charge in [-0.1, -0.05) is 18.2 Å². The molecule has 98 valence electrons. The van der Waals surface area contributed by atoms with Gasteiger partial charge in [-0.25, -0.2) is 9.18 Å². The summed E-state index contributed by atoms with van der Waals surface area (Å²) in [6, 6.07) is 4.62. The largest absolute Gasteiger partial charge is 0.480 e. The highest BCUT2D eigenvalue weighted by Crippen LogP contribution is 2.07. The number of rotatable bonds is 6. The lowest BCUT2D eigenvalue weighted by molar-refractivity contribution is -0.142. The molecule has 1 aromatic rings. The number of amides is 1. The summed E-state index contributed by atoms with van der Waals surface area (Å²) in [5.41, 5.74) is 0.197. The molecule has 0 bridgehead atoms. The number of nitrogens with one attached hydrogen (secondary N) is 1. The molecule has 0 aromatic heterocycles. The molecule has 0 heterocycles. The van der Waals surface area contributed by atoms with E-state index in [0.717, 1.165) is 0 Å². The maximum Gasteiger partial charge on any atom is 0.326 e. The van der Waals surface area contributed by atoms with Crippen LogP contribution in [0.5, 0.6) is 0 Å². The Bertz CT molecular complexity index is 436. The second-order valence-corrected chi connectivity index (χ2v) is 3.74. The summed E-state index contributed by atoms with van der Waals surface area (Å²) in [6.45, 7) is -0.350. The van der Waals surface area contributed by atoms with E-state index in [4.69, 9.17) is 10.2 Å². The van der Waals surface area contributed by atoms with Crippen molar-refractivity contribution in [1.29, 1.82) is 0 Å². The Hall–Kier alpha value is -1.95. The summed E-state index contributed by atoms with van der Waals surface area (Å²) in [5, 5.41) is 19.7. The quantitative estimate of drug-likeness (QED) is 0.683. The number of hydrogen-bond donors (Lipinski definition) is 3. The molecular weight excluding hydrogens is 241 g/mol. The Labute approximate surface area is 103 Å². The number of carboxylic acid groups (broad SMARTS) is 1. The molecule has 0 aliphatic rings. The van der Waals surface area contributed by atoms with Gasteiger partial charge in [-0.3, -0.25) is 4.79 Å². The predicted octanol–water partition coefficient (Wildman–Crippen LogP) is 0.320. The third-order valence-electron chi connectivity index (χ3n) is 2.36. The minimum Gasteiger partial charge on any atom is -0.480 e. The fourth-order valence-corrected chi connectivity index (χ4v) is 1.45. The highest BCUT2D eigenvalue weighted by Gasteiger charge is 2.19. The van der Waals surface area contributed by atoms with Crippen LogP contribution in [0.15, 0.2) is 24.3 Å². The van der Waals surface area contributed by atoms with E-state index in [0.29, 0.717) is 0 Å². The number of aliphatic hydroxyl groups is 1. The van der Waals surface area contributed by atoms with E-state index in [9.17, 15) is 14.0 Å². The first-order valence-electron chi connectivity index (χ1n) is 5.41. The van der Waals surface area contributed by atoms with Crippen LogP contribution in [-0.2, 0) is 16.0 Å². The minimum atomic E-state index is -1.23. The Morgan fingerprint density at radius 1 is 1.33 bits per heavy atom. The fourth-order valence-electron chi connectivity index (χ4n) is 1.45. The van der Waals surface area contributed by atoms with Crippen molar-refractivity contribution in [2.45, 2.75) is 18.9 Å². The highest BCUT2D eigenvalue weighted by molar-refractivity contribution is 5.84. The minimum absolute atomic E-state index is 0.0850. The molecule has 0 aliphatic carbocycles. The van der Waals surface area contributed by atoms with E-state index in [1.807, 2.05) is 0 Å². The van der Waals surface area contributed by atoms with E-state index in [1.54, 1.807) is 6.07 Å².